The lowest BCUT2D eigenvalue weighted by Gasteiger charge is -2.25. The van der Waals surface area contributed by atoms with Gasteiger partial charge in [-0.25, -0.2) is 0 Å². The van der Waals surface area contributed by atoms with Gasteiger partial charge in [0.05, 0.1) is 5.30 Å². The van der Waals surface area contributed by atoms with Gasteiger partial charge >= 0.3 is 7.60 Å². The first kappa shape index (κ1) is 19.1. The summed E-state index contributed by atoms with van der Waals surface area (Å²) in [5, 5.41) is 0.0872. The summed E-state index contributed by atoms with van der Waals surface area (Å²) in [6.45, 7) is 5.94. The molecule has 4 nitrogen and oxygen atoms in total. The number of rotatable bonds is 9. The van der Waals surface area contributed by atoms with Crippen molar-refractivity contribution in [2.45, 2.75) is 52.9 Å². The second-order valence-electron chi connectivity index (χ2n) is 6.24. The highest BCUT2D eigenvalue weighted by Crippen LogP contribution is 2.41. The number of hydrogen-bond acceptors (Lipinski definition) is 3. The summed E-state index contributed by atoms with van der Waals surface area (Å²) in [5.41, 5.74) is -0.270. The molecule has 124 valence electrons. The molecule has 0 fully saturated rings. The van der Waals surface area contributed by atoms with Crippen molar-refractivity contribution in [3.05, 3.63) is 29.8 Å². The molecule has 0 aliphatic carbocycles. The van der Waals surface area contributed by atoms with Crippen molar-refractivity contribution in [3.8, 4) is 0 Å². The van der Waals surface area contributed by atoms with Crippen LogP contribution in [-0.2, 0) is 9.09 Å². The minimum atomic E-state index is -3.94. The van der Waals surface area contributed by atoms with Gasteiger partial charge in [0.25, 0.3) is 0 Å². The first-order valence-electron chi connectivity index (χ1n) is 7.79. The Hall–Kier alpha value is -0.960. The predicted molar refractivity (Wildman–Crippen MR) is 89.8 cm³/mol. The molecule has 1 rings (SSSR count). The Balaban J connectivity index is 3.00. The zero-order valence-electron chi connectivity index (χ0n) is 14.0. The number of unbranched alkanes of at least 4 members (excludes halogenated alkanes) is 3. The van der Waals surface area contributed by atoms with Crippen LogP contribution in [-0.4, -0.2) is 17.8 Å². The fourth-order valence-electron chi connectivity index (χ4n) is 2.48. The third-order valence-corrected chi connectivity index (χ3v) is 5.46. The molecule has 0 radical (unpaired) electrons. The van der Waals surface area contributed by atoms with Crippen molar-refractivity contribution >= 4 is 18.7 Å². The van der Waals surface area contributed by atoms with Crippen LogP contribution in [0.25, 0.3) is 0 Å². The highest BCUT2D eigenvalue weighted by atomic mass is 31.2. The summed E-state index contributed by atoms with van der Waals surface area (Å²) in [5.74, 6) is -0.106. The van der Waals surface area contributed by atoms with Crippen molar-refractivity contribution in [3.63, 3.8) is 0 Å². The maximum atomic E-state index is 12.8. The molecule has 1 atom stereocenters. The van der Waals surface area contributed by atoms with Gasteiger partial charge in [-0.1, -0.05) is 64.7 Å². The van der Waals surface area contributed by atoms with Crippen LogP contribution in [0.2, 0.25) is 0 Å². The molecule has 0 aromatic heterocycles. The molecule has 1 N–H and O–H groups in total. The minimum Gasteiger partial charge on any atom is -0.321 e. The van der Waals surface area contributed by atoms with Gasteiger partial charge in [0.2, 0.25) is 0 Å². The molecule has 5 heteroatoms. The van der Waals surface area contributed by atoms with Gasteiger partial charge in [0.1, 0.15) is 0 Å². The summed E-state index contributed by atoms with van der Waals surface area (Å²) >= 11 is 0. The molecule has 1 aromatic rings. The van der Waals surface area contributed by atoms with Gasteiger partial charge in [-0.2, -0.15) is 0 Å². The topological polar surface area (TPSA) is 63.6 Å². The van der Waals surface area contributed by atoms with E-state index >= 15 is 0 Å². The lowest BCUT2D eigenvalue weighted by molar-refractivity contribution is 0.0823. The van der Waals surface area contributed by atoms with Gasteiger partial charge in [0.15, 0.2) is 5.78 Å². The van der Waals surface area contributed by atoms with Crippen molar-refractivity contribution in [1.29, 1.82) is 0 Å². The molecule has 1 unspecified atom stereocenters. The second-order valence-corrected chi connectivity index (χ2v) is 8.13. The quantitative estimate of drug-likeness (QED) is 0.417. The SMILES string of the molecule is CCCCCCC(C)(C)C(=O)c1ccccc1P(=O)(O)OC. The largest absolute Gasteiger partial charge is 0.359 e. The fourth-order valence-corrected chi connectivity index (χ4v) is 3.43. The van der Waals surface area contributed by atoms with Crippen LogP contribution < -0.4 is 5.30 Å². The Morgan fingerprint density at radius 2 is 1.86 bits per heavy atom. The number of hydrogen-bond donors (Lipinski definition) is 1. The van der Waals surface area contributed by atoms with E-state index in [1.165, 1.54) is 13.2 Å². The number of Topliss-reactive ketones (excluding diaryl/α,β-unsaturated/α-hetero) is 1. The zero-order chi connectivity index (χ0) is 16.8. The van der Waals surface area contributed by atoms with Gasteiger partial charge in [-0.05, 0) is 12.5 Å². The number of benzene rings is 1. The lowest BCUT2D eigenvalue weighted by Crippen LogP contribution is -2.29. The summed E-state index contributed by atoms with van der Waals surface area (Å²) in [7, 11) is -2.77. The number of carbonyl (C=O) groups is 1. The summed E-state index contributed by atoms with van der Waals surface area (Å²) in [6, 6.07) is 6.44. The van der Waals surface area contributed by atoms with E-state index in [2.05, 4.69) is 6.92 Å². The Labute approximate surface area is 133 Å². The number of ketones is 1. The standard InChI is InChI=1S/C17H27O4P/c1-5-6-7-10-13-17(2,3)16(18)14-11-8-9-12-15(14)22(19,20)21-4/h8-9,11-12H,5-7,10,13H2,1-4H3,(H,19,20). The van der Waals surface area contributed by atoms with Crippen molar-refractivity contribution < 1.29 is 18.8 Å². The van der Waals surface area contributed by atoms with E-state index in [4.69, 9.17) is 4.52 Å². The molecule has 0 aliphatic rings. The van der Waals surface area contributed by atoms with Crippen molar-refractivity contribution in [1.82, 2.24) is 0 Å². The Morgan fingerprint density at radius 3 is 2.45 bits per heavy atom. The van der Waals surface area contributed by atoms with Gasteiger partial charge < -0.3 is 9.42 Å². The van der Waals surface area contributed by atoms with Crippen LogP contribution >= 0.6 is 7.60 Å². The highest BCUT2D eigenvalue weighted by molar-refractivity contribution is 7.61. The zero-order valence-corrected chi connectivity index (χ0v) is 14.9. The molecule has 0 saturated heterocycles. The second kappa shape index (κ2) is 8.05. The van der Waals surface area contributed by atoms with Gasteiger partial charge in [-0.15, -0.1) is 0 Å². The van der Waals surface area contributed by atoms with E-state index < -0.39 is 13.0 Å². The van der Waals surface area contributed by atoms with Crippen LogP contribution in [0.3, 0.4) is 0 Å². The summed E-state index contributed by atoms with van der Waals surface area (Å²) in [6.07, 6.45) is 5.17. The average Bonchev–Trinajstić information content (AvgIpc) is 2.51. The average molecular weight is 326 g/mol. The van der Waals surface area contributed by atoms with Gasteiger partial charge in [-0.3, -0.25) is 9.36 Å². The van der Waals surface area contributed by atoms with Crippen LogP contribution in [0.5, 0.6) is 0 Å². The fraction of sp³-hybridized carbons (Fsp3) is 0.588. The molecule has 22 heavy (non-hydrogen) atoms. The summed E-state index contributed by atoms with van der Waals surface area (Å²) < 4.78 is 16.8. The van der Waals surface area contributed by atoms with Crippen LogP contribution in [0.1, 0.15) is 63.2 Å². The first-order chi connectivity index (χ1) is 10.3. The first-order valence-corrected chi connectivity index (χ1v) is 9.37. The van der Waals surface area contributed by atoms with Crippen molar-refractivity contribution in [2.75, 3.05) is 7.11 Å². The van der Waals surface area contributed by atoms with E-state index in [1.807, 2.05) is 13.8 Å². The predicted octanol–water partition coefficient (Wildman–Crippen LogP) is 4.32. The van der Waals surface area contributed by atoms with E-state index in [-0.39, 0.29) is 16.7 Å². The Kier molecular flexibility index (Phi) is 6.98. The third-order valence-electron chi connectivity index (χ3n) is 3.97. The third kappa shape index (κ3) is 4.77. The molecule has 0 bridgehead atoms. The number of carbonyl (C=O) groups excluding carboxylic acids is 1. The summed E-state index contributed by atoms with van der Waals surface area (Å²) in [4.78, 5) is 22.7. The van der Waals surface area contributed by atoms with Crippen LogP contribution in [0.4, 0.5) is 0 Å². The molecule has 1 aromatic carbocycles. The van der Waals surface area contributed by atoms with Gasteiger partial charge in [0, 0.05) is 18.1 Å². The van der Waals surface area contributed by atoms with Crippen LogP contribution in [0, 0.1) is 5.41 Å². The molecule has 0 amide bonds. The molecule has 0 aliphatic heterocycles. The van der Waals surface area contributed by atoms with E-state index in [1.54, 1.807) is 18.2 Å². The maximum Gasteiger partial charge on any atom is 0.359 e. The Morgan fingerprint density at radius 1 is 1.23 bits per heavy atom. The molecule has 0 heterocycles. The molecule has 0 saturated carbocycles. The lowest BCUT2D eigenvalue weighted by atomic mass is 9.80. The monoisotopic (exact) mass is 326 g/mol. The van der Waals surface area contributed by atoms with E-state index in [0.717, 1.165) is 32.1 Å². The highest BCUT2D eigenvalue weighted by Gasteiger charge is 2.34. The molecular formula is C17H27O4P. The van der Waals surface area contributed by atoms with Crippen molar-refractivity contribution in [2.24, 2.45) is 5.41 Å². The minimum absolute atomic E-state index is 0.0872. The maximum absolute atomic E-state index is 12.8. The Bertz CT molecular complexity index is 551. The van der Waals surface area contributed by atoms with Crippen LogP contribution in [0.15, 0.2) is 24.3 Å². The normalized spacial score (nSPS) is 14.6. The van der Waals surface area contributed by atoms with E-state index in [9.17, 15) is 14.3 Å². The molecular weight excluding hydrogens is 299 g/mol. The smallest absolute Gasteiger partial charge is 0.321 e. The molecule has 0 spiro atoms. The van der Waals surface area contributed by atoms with E-state index in [0.29, 0.717) is 0 Å².